The number of pyridine rings is 1. The van der Waals surface area contributed by atoms with Gasteiger partial charge in [-0.2, -0.15) is 0 Å². The number of halogens is 2. The zero-order chi connectivity index (χ0) is 20.6. The van der Waals surface area contributed by atoms with Crippen molar-refractivity contribution in [3.05, 3.63) is 93.7 Å². The SMILES string of the molecule is CO.OC12CCC(c3ccccc3)C1(c1ccc(Cl)cc1)Oc1cc(Cl)cnc12. The maximum absolute atomic E-state index is 11.9. The van der Waals surface area contributed by atoms with Crippen molar-refractivity contribution in [1.29, 1.82) is 0 Å². The van der Waals surface area contributed by atoms with Crippen LogP contribution in [0.4, 0.5) is 0 Å². The van der Waals surface area contributed by atoms with Gasteiger partial charge in [0.05, 0.1) is 5.02 Å². The maximum atomic E-state index is 11.9. The van der Waals surface area contributed by atoms with Gasteiger partial charge >= 0.3 is 0 Å². The minimum atomic E-state index is -1.23. The molecule has 0 amide bonds. The Hall–Kier alpha value is -2.11. The van der Waals surface area contributed by atoms with E-state index in [1.165, 1.54) is 0 Å². The third-order valence-electron chi connectivity index (χ3n) is 5.86. The molecule has 2 heterocycles. The number of aliphatic hydroxyl groups is 2. The molecule has 0 spiro atoms. The number of rotatable bonds is 2. The summed E-state index contributed by atoms with van der Waals surface area (Å²) in [6.07, 6.45) is 2.90. The lowest BCUT2D eigenvalue weighted by Gasteiger charge is -2.39. The zero-order valence-electron chi connectivity index (χ0n) is 15.8. The minimum absolute atomic E-state index is 0.0298. The van der Waals surface area contributed by atoms with Crippen LogP contribution in [0.25, 0.3) is 0 Å². The normalized spacial score (nSPS) is 26.7. The summed E-state index contributed by atoms with van der Waals surface area (Å²) in [6, 6.07) is 19.5. The smallest absolute Gasteiger partial charge is 0.175 e. The first kappa shape index (κ1) is 20.2. The van der Waals surface area contributed by atoms with Crippen LogP contribution in [0, 0.1) is 0 Å². The Bertz CT molecular complexity index is 1010. The van der Waals surface area contributed by atoms with E-state index >= 15 is 0 Å². The van der Waals surface area contributed by atoms with E-state index in [-0.39, 0.29) is 5.92 Å². The summed E-state index contributed by atoms with van der Waals surface area (Å²) < 4.78 is 6.56. The van der Waals surface area contributed by atoms with E-state index in [1.54, 1.807) is 12.3 Å². The molecule has 0 radical (unpaired) electrons. The van der Waals surface area contributed by atoms with E-state index in [0.29, 0.717) is 27.9 Å². The molecule has 6 heteroatoms. The van der Waals surface area contributed by atoms with Gasteiger partial charge in [-0.05, 0) is 36.1 Å². The summed E-state index contributed by atoms with van der Waals surface area (Å²) in [5.41, 5.74) is 0.359. The number of aliphatic hydroxyl groups excluding tert-OH is 1. The van der Waals surface area contributed by atoms with Crippen molar-refractivity contribution in [3.8, 4) is 5.75 Å². The Labute approximate surface area is 179 Å². The van der Waals surface area contributed by atoms with E-state index < -0.39 is 11.2 Å². The third kappa shape index (κ3) is 2.94. The molecule has 150 valence electrons. The Morgan fingerprint density at radius 1 is 1.00 bits per heavy atom. The van der Waals surface area contributed by atoms with Crippen molar-refractivity contribution in [2.24, 2.45) is 0 Å². The molecule has 1 aliphatic heterocycles. The molecule has 3 unspecified atom stereocenters. The largest absolute Gasteiger partial charge is 0.476 e. The van der Waals surface area contributed by atoms with Gasteiger partial charge in [0.15, 0.2) is 11.2 Å². The Balaban J connectivity index is 0.000000994. The molecule has 2 aliphatic rings. The van der Waals surface area contributed by atoms with Crippen LogP contribution in [0.15, 0.2) is 66.9 Å². The van der Waals surface area contributed by atoms with Crippen molar-refractivity contribution in [2.45, 2.75) is 30.0 Å². The van der Waals surface area contributed by atoms with Crippen LogP contribution in [0.1, 0.15) is 35.6 Å². The molecule has 0 saturated heterocycles. The second kappa shape index (κ2) is 7.62. The van der Waals surface area contributed by atoms with Gasteiger partial charge in [0.1, 0.15) is 11.4 Å². The van der Waals surface area contributed by atoms with Crippen molar-refractivity contribution < 1.29 is 14.9 Å². The highest BCUT2D eigenvalue weighted by atomic mass is 35.5. The lowest BCUT2D eigenvalue weighted by Crippen LogP contribution is -2.48. The van der Waals surface area contributed by atoms with E-state index in [2.05, 4.69) is 17.1 Å². The topological polar surface area (TPSA) is 62.6 Å². The van der Waals surface area contributed by atoms with Crippen LogP contribution in [-0.4, -0.2) is 22.3 Å². The standard InChI is InChI=1S/C22H17Cl2NO2.CH4O/c23-16-8-6-15(7-9-16)22-18(14-4-2-1-3-5-14)10-11-21(22,26)20-19(27-22)12-17(24)13-25-20;1-2/h1-9,12-13,18,26H,10-11H2;2H,1H3. The maximum Gasteiger partial charge on any atom is 0.175 e. The van der Waals surface area contributed by atoms with Gasteiger partial charge in [0, 0.05) is 30.3 Å². The fourth-order valence-electron chi connectivity index (χ4n) is 4.75. The summed E-state index contributed by atoms with van der Waals surface area (Å²) in [5.74, 6) is 0.512. The van der Waals surface area contributed by atoms with Crippen LogP contribution < -0.4 is 4.74 Å². The average molecular weight is 430 g/mol. The molecule has 3 aromatic rings. The van der Waals surface area contributed by atoms with Crippen molar-refractivity contribution in [1.82, 2.24) is 4.98 Å². The molecule has 2 aromatic carbocycles. The molecule has 1 saturated carbocycles. The molecule has 1 fully saturated rings. The van der Waals surface area contributed by atoms with Gasteiger partial charge in [-0.15, -0.1) is 0 Å². The first-order valence-corrected chi connectivity index (χ1v) is 10.1. The molecular weight excluding hydrogens is 409 g/mol. The predicted octanol–water partition coefficient (Wildman–Crippen LogP) is 5.05. The molecule has 2 N–H and O–H groups in total. The summed E-state index contributed by atoms with van der Waals surface area (Å²) in [4.78, 5) is 4.46. The molecule has 4 nitrogen and oxygen atoms in total. The minimum Gasteiger partial charge on any atom is -0.476 e. The second-order valence-electron chi connectivity index (χ2n) is 7.21. The molecular formula is C23H21Cl2NO3. The molecule has 0 bridgehead atoms. The van der Waals surface area contributed by atoms with Crippen LogP contribution >= 0.6 is 23.2 Å². The number of hydrogen-bond donors (Lipinski definition) is 2. The number of hydrogen-bond acceptors (Lipinski definition) is 4. The molecule has 3 atom stereocenters. The summed E-state index contributed by atoms with van der Waals surface area (Å²) in [7, 11) is 1.00. The van der Waals surface area contributed by atoms with Crippen LogP contribution in [0.5, 0.6) is 5.75 Å². The number of aromatic nitrogens is 1. The van der Waals surface area contributed by atoms with Gasteiger partial charge in [-0.1, -0.05) is 65.7 Å². The second-order valence-corrected chi connectivity index (χ2v) is 8.08. The zero-order valence-corrected chi connectivity index (χ0v) is 17.4. The molecule has 29 heavy (non-hydrogen) atoms. The molecule has 5 rings (SSSR count). The first-order chi connectivity index (χ1) is 14.0. The first-order valence-electron chi connectivity index (χ1n) is 9.38. The van der Waals surface area contributed by atoms with E-state index in [9.17, 15) is 5.11 Å². The monoisotopic (exact) mass is 429 g/mol. The lowest BCUT2D eigenvalue weighted by atomic mass is 9.73. The van der Waals surface area contributed by atoms with E-state index in [4.69, 9.17) is 33.0 Å². The third-order valence-corrected chi connectivity index (χ3v) is 6.32. The molecule has 1 aliphatic carbocycles. The van der Waals surface area contributed by atoms with Gasteiger partial charge in [0.25, 0.3) is 0 Å². The van der Waals surface area contributed by atoms with Crippen LogP contribution in [-0.2, 0) is 11.2 Å². The Morgan fingerprint density at radius 3 is 2.38 bits per heavy atom. The number of nitrogens with zero attached hydrogens (tertiary/aromatic N) is 1. The predicted molar refractivity (Wildman–Crippen MR) is 113 cm³/mol. The Kier molecular flexibility index (Phi) is 5.30. The van der Waals surface area contributed by atoms with Crippen molar-refractivity contribution >= 4 is 23.2 Å². The van der Waals surface area contributed by atoms with Crippen LogP contribution in [0.3, 0.4) is 0 Å². The number of benzene rings is 2. The van der Waals surface area contributed by atoms with Crippen molar-refractivity contribution in [3.63, 3.8) is 0 Å². The van der Waals surface area contributed by atoms with E-state index in [0.717, 1.165) is 24.7 Å². The van der Waals surface area contributed by atoms with Crippen LogP contribution in [0.2, 0.25) is 10.0 Å². The van der Waals surface area contributed by atoms with Gasteiger partial charge in [-0.3, -0.25) is 4.98 Å². The summed E-state index contributed by atoms with van der Waals surface area (Å²) in [5, 5.41) is 20.0. The Morgan fingerprint density at radius 2 is 1.69 bits per heavy atom. The van der Waals surface area contributed by atoms with Gasteiger partial charge < -0.3 is 14.9 Å². The number of ether oxygens (including phenoxy) is 1. The summed E-state index contributed by atoms with van der Waals surface area (Å²) >= 11 is 12.3. The van der Waals surface area contributed by atoms with E-state index in [1.807, 2.05) is 42.5 Å². The fourth-order valence-corrected chi connectivity index (χ4v) is 5.02. The quantitative estimate of drug-likeness (QED) is 0.598. The lowest BCUT2D eigenvalue weighted by molar-refractivity contribution is -0.107. The highest BCUT2D eigenvalue weighted by Gasteiger charge is 2.69. The highest BCUT2D eigenvalue weighted by molar-refractivity contribution is 6.30. The number of fused-ring (bicyclic) bond motifs is 3. The van der Waals surface area contributed by atoms with Crippen molar-refractivity contribution in [2.75, 3.05) is 7.11 Å². The average Bonchev–Trinajstić information content (AvgIpc) is 3.17. The fraction of sp³-hybridized carbons (Fsp3) is 0.261. The van der Waals surface area contributed by atoms with Gasteiger partial charge in [-0.25, -0.2) is 0 Å². The van der Waals surface area contributed by atoms with Gasteiger partial charge in [0.2, 0.25) is 0 Å². The molecule has 1 aromatic heterocycles. The summed E-state index contributed by atoms with van der Waals surface area (Å²) in [6.45, 7) is 0. The highest BCUT2D eigenvalue weighted by Crippen LogP contribution is 2.66.